The average Bonchev–Trinajstić information content (AvgIpc) is 2.74. The van der Waals surface area contributed by atoms with E-state index < -0.39 is 5.97 Å². The molecule has 28 heavy (non-hydrogen) atoms. The lowest BCUT2D eigenvalue weighted by Crippen LogP contribution is -2.38. The van der Waals surface area contributed by atoms with E-state index in [-0.39, 0.29) is 0 Å². The predicted octanol–water partition coefficient (Wildman–Crippen LogP) is 3.03. The molecule has 1 saturated heterocycles. The van der Waals surface area contributed by atoms with Gasteiger partial charge in [-0.2, -0.15) is 0 Å². The number of carbonyl (C=O) groups is 1. The summed E-state index contributed by atoms with van der Waals surface area (Å²) < 4.78 is 21.5. The second-order valence-electron chi connectivity index (χ2n) is 6.30. The summed E-state index contributed by atoms with van der Waals surface area (Å²) in [4.78, 5) is 14.3. The highest BCUT2D eigenvalue weighted by Gasteiger charge is 2.09. The Bertz CT molecular complexity index is 782. The van der Waals surface area contributed by atoms with Crippen molar-refractivity contribution in [1.82, 2.24) is 4.90 Å². The quantitative estimate of drug-likeness (QED) is 0.397. The van der Waals surface area contributed by atoms with Crippen LogP contribution in [0.3, 0.4) is 0 Å². The number of benzene rings is 2. The van der Waals surface area contributed by atoms with E-state index in [4.69, 9.17) is 18.9 Å². The molecule has 0 amide bonds. The highest BCUT2D eigenvalue weighted by atomic mass is 16.5. The molecule has 6 nitrogen and oxygen atoms in total. The normalized spacial score (nSPS) is 14.8. The van der Waals surface area contributed by atoms with Gasteiger partial charge in [-0.3, -0.25) is 4.90 Å². The zero-order valence-corrected chi connectivity index (χ0v) is 16.0. The minimum Gasteiger partial charge on any atom is -0.497 e. The maximum atomic E-state index is 12.0. The highest BCUT2D eigenvalue weighted by molar-refractivity contribution is 5.88. The number of carbonyl (C=O) groups excluding carboxylic acids is 1. The Morgan fingerprint density at radius 2 is 1.82 bits per heavy atom. The number of esters is 1. The summed E-state index contributed by atoms with van der Waals surface area (Å²) in [6.07, 6.45) is 3.08. The van der Waals surface area contributed by atoms with E-state index in [1.807, 2.05) is 24.3 Å². The lowest BCUT2D eigenvalue weighted by atomic mass is 10.2. The van der Waals surface area contributed by atoms with Crippen molar-refractivity contribution in [2.24, 2.45) is 0 Å². The molecule has 1 aliphatic rings. The van der Waals surface area contributed by atoms with Gasteiger partial charge in [0.25, 0.3) is 0 Å². The molecule has 0 saturated carbocycles. The SMILES string of the molecule is COc1cccc(C=CC(=O)Oc2ccc(OCCN3CCOCC3)cc2)c1. The van der Waals surface area contributed by atoms with Crippen LogP contribution in [0, 0.1) is 0 Å². The lowest BCUT2D eigenvalue weighted by molar-refractivity contribution is -0.128. The smallest absolute Gasteiger partial charge is 0.336 e. The van der Waals surface area contributed by atoms with Crippen molar-refractivity contribution in [1.29, 1.82) is 0 Å². The zero-order valence-electron chi connectivity index (χ0n) is 16.0. The molecule has 1 aliphatic heterocycles. The van der Waals surface area contributed by atoms with Crippen molar-refractivity contribution in [3.8, 4) is 17.2 Å². The fraction of sp³-hybridized carbons (Fsp3) is 0.318. The fourth-order valence-electron chi connectivity index (χ4n) is 2.78. The Balaban J connectivity index is 1.43. The molecule has 3 rings (SSSR count). The first kappa shape index (κ1) is 19.9. The van der Waals surface area contributed by atoms with Gasteiger partial charge >= 0.3 is 5.97 Å². The van der Waals surface area contributed by atoms with Crippen LogP contribution in [0.4, 0.5) is 0 Å². The number of morpholine rings is 1. The molecule has 0 spiro atoms. The number of ether oxygens (including phenoxy) is 4. The van der Waals surface area contributed by atoms with E-state index >= 15 is 0 Å². The highest BCUT2D eigenvalue weighted by Crippen LogP contribution is 2.18. The molecule has 0 aromatic heterocycles. The van der Waals surface area contributed by atoms with Crippen LogP contribution in [-0.4, -0.2) is 57.4 Å². The lowest BCUT2D eigenvalue weighted by Gasteiger charge is -2.26. The van der Waals surface area contributed by atoms with Gasteiger partial charge in [0.15, 0.2) is 0 Å². The first-order valence-electron chi connectivity index (χ1n) is 9.30. The summed E-state index contributed by atoms with van der Waals surface area (Å²) in [5.74, 6) is 1.52. The van der Waals surface area contributed by atoms with Gasteiger partial charge in [-0.25, -0.2) is 4.79 Å². The summed E-state index contributed by atoms with van der Waals surface area (Å²) >= 11 is 0. The topological polar surface area (TPSA) is 57.2 Å². The molecule has 0 radical (unpaired) electrons. The van der Waals surface area contributed by atoms with Gasteiger partial charge < -0.3 is 18.9 Å². The third kappa shape index (κ3) is 6.40. The van der Waals surface area contributed by atoms with Crippen LogP contribution in [-0.2, 0) is 9.53 Å². The standard InChI is InChI=1S/C22H25NO5/c1-25-21-4-2-3-18(17-21)5-10-22(24)28-20-8-6-19(7-9-20)27-16-13-23-11-14-26-15-12-23/h2-10,17H,11-16H2,1H3. The van der Waals surface area contributed by atoms with Gasteiger partial charge in [-0.1, -0.05) is 12.1 Å². The fourth-order valence-corrected chi connectivity index (χ4v) is 2.78. The largest absolute Gasteiger partial charge is 0.497 e. The molecule has 0 unspecified atom stereocenters. The van der Waals surface area contributed by atoms with E-state index in [9.17, 15) is 4.79 Å². The van der Waals surface area contributed by atoms with Crippen LogP contribution >= 0.6 is 0 Å². The molecule has 0 atom stereocenters. The maximum Gasteiger partial charge on any atom is 0.336 e. The Labute approximate surface area is 165 Å². The van der Waals surface area contributed by atoms with Crippen LogP contribution in [0.1, 0.15) is 5.56 Å². The Morgan fingerprint density at radius 3 is 2.57 bits per heavy atom. The van der Waals surface area contributed by atoms with Crippen LogP contribution < -0.4 is 14.2 Å². The number of hydrogen-bond acceptors (Lipinski definition) is 6. The maximum absolute atomic E-state index is 12.0. The second-order valence-corrected chi connectivity index (χ2v) is 6.30. The Hall–Kier alpha value is -2.83. The number of hydrogen-bond donors (Lipinski definition) is 0. The molecule has 2 aromatic carbocycles. The number of rotatable bonds is 8. The third-order valence-corrected chi connectivity index (χ3v) is 4.33. The molecule has 148 valence electrons. The summed E-state index contributed by atoms with van der Waals surface area (Å²) in [6, 6.07) is 14.5. The zero-order chi connectivity index (χ0) is 19.6. The number of methoxy groups -OCH3 is 1. The summed E-state index contributed by atoms with van der Waals surface area (Å²) in [5, 5.41) is 0. The third-order valence-electron chi connectivity index (χ3n) is 4.33. The minimum absolute atomic E-state index is 0.441. The van der Waals surface area contributed by atoms with Gasteiger partial charge in [0.05, 0.1) is 20.3 Å². The number of nitrogens with zero attached hydrogens (tertiary/aromatic N) is 1. The average molecular weight is 383 g/mol. The van der Waals surface area contributed by atoms with Crippen molar-refractivity contribution < 1.29 is 23.7 Å². The summed E-state index contributed by atoms with van der Waals surface area (Å²) in [5.41, 5.74) is 0.861. The van der Waals surface area contributed by atoms with Crippen LogP contribution in [0.25, 0.3) is 6.08 Å². The van der Waals surface area contributed by atoms with E-state index in [0.717, 1.165) is 49.9 Å². The monoisotopic (exact) mass is 383 g/mol. The Kier molecular flexibility index (Phi) is 7.46. The van der Waals surface area contributed by atoms with Crippen molar-refractivity contribution in [2.75, 3.05) is 46.6 Å². The predicted molar refractivity (Wildman–Crippen MR) is 107 cm³/mol. The van der Waals surface area contributed by atoms with Crippen molar-refractivity contribution in [2.45, 2.75) is 0 Å². The molecular formula is C22H25NO5. The van der Waals surface area contributed by atoms with Crippen molar-refractivity contribution in [3.05, 3.63) is 60.2 Å². The van der Waals surface area contributed by atoms with Gasteiger partial charge in [0.2, 0.25) is 0 Å². The van der Waals surface area contributed by atoms with Crippen molar-refractivity contribution >= 4 is 12.0 Å². The van der Waals surface area contributed by atoms with E-state index in [2.05, 4.69) is 4.90 Å². The molecule has 0 bridgehead atoms. The van der Waals surface area contributed by atoms with Crippen LogP contribution in [0.2, 0.25) is 0 Å². The molecule has 2 aromatic rings. The first-order valence-corrected chi connectivity index (χ1v) is 9.30. The minimum atomic E-state index is -0.441. The molecule has 1 fully saturated rings. The van der Waals surface area contributed by atoms with E-state index in [1.54, 1.807) is 37.5 Å². The summed E-state index contributed by atoms with van der Waals surface area (Å²) in [6.45, 7) is 4.94. The van der Waals surface area contributed by atoms with Crippen molar-refractivity contribution in [3.63, 3.8) is 0 Å². The van der Waals surface area contributed by atoms with Crippen LogP contribution in [0.15, 0.2) is 54.6 Å². The Morgan fingerprint density at radius 1 is 1.07 bits per heavy atom. The van der Waals surface area contributed by atoms with Gasteiger partial charge in [-0.05, 0) is 48.0 Å². The van der Waals surface area contributed by atoms with Gasteiger partial charge in [0, 0.05) is 25.7 Å². The molecule has 0 N–H and O–H groups in total. The molecule has 1 heterocycles. The molecular weight excluding hydrogens is 358 g/mol. The van der Waals surface area contributed by atoms with Crippen LogP contribution in [0.5, 0.6) is 17.2 Å². The van der Waals surface area contributed by atoms with E-state index in [0.29, 0.717) is 12.4 Å². The summed E-state index contributed by atoms with van der Waals surface area (Å²) in [7, 11) is 1.60. The van der Waals surface area contributed by atoms with Gasteiger partial charge in [-0.15, -0.1) is 0 Å². The second kappa shape index (κ2) is 10.5. The first-order chi connectivity index (χ1) is 13.7. The van der Waals surface area contributed by atoms with E-state index in [1.165, 1.54) is 6.08 Å². The molecule has 0 aliphatic carbocycles. The van der Waals surface area contributed by atoms with Gasteiger partial charge in [0.1, 0.15) is 23.9 Å². The molecule has 6 heteroatoms.